The molecular formula is C19H22N4O2S. The maximum absolute atomic E-state index is 6.08. The predicted molar refractivity (Wildman–Crippen MR) is 104 cm³/mol. The molecule has 0 aliphatic heterocycles. The SMILES string of the molecule is CCc1n[nH]c(=S)n1NCc1cccc(OC)c1OCc1ccccc1. The lowest BCUT2D eigenvalue weighted by Gasteiger charge is -2.16. The first-order valence-electron chi connectivity index (χ1n) is 8.45. The number of H-pyrrole nitrogens is 1. The summed E-state index contributed by atoms with van der Waals surface area (Å²) in [6, 6.07) is 15.9. The second kappa shape index (κ2) is 8.53. The van der Waals surface area contributed by atoms with E-state index in [0.29, 0.717) is 23.7 Å². The zero-order valence-corrected chi connectivity index (χ0v) is 15.7. The molecule has 1 heterocycles. The Labute approximate surface area is 157 Å². The molecule has 6 nitrogen and oxygen atoms in total. The number of aromatic nitrogens is 3. The molecule has 0 amide bonds. The highest BCUT2D eigenvalue weighted by Crippen LogP contribution is 2.32. The van der Waals surface area contributed by atoms with Crippen molar-refractivity contribution in [2.24, 2.45) is 0 Å². The lowest BCUT2D eigenvalue weighted by molar-refractivity contribution is 0.281. The van der Waals surface area contributed by atoms with Gasteiger partial charge in [0, 0.05) is 12.0 Å². The highest BCUT2D eigenvalue weighted by molar-refractivity contribution is 7.71. The Morgan fingerprint density at radius 1 is 1.15 bits per heavy atom. The Morgan fingerprint density at radius 2 is 1.96 bits per heavy atom. The van der Waals surface area contributed by atoms with Crippen LogP contribution in [0.25, 0.3) is 0 Å². The van der Waals surface area contributed by atoms with Crippen molar-refractivity contribution in [1.82, 2.24) is 14.9 Å². The number of nitrogens with one attached hydrogen (secondary N) is 2. The highest BCUT2D eigenvalue weighted by atomic mass is 32.1. The summed E-state index contributed by atoms with van der Waals surface area (Å²) in [5, 5.41) is 7.01. The molecule has 0 radical (unpaired) electrons. The number of ether oxygens (including phenoxy) is 2. The molecule has 0 saturated carbocycles. The largest absolute Gasteiger partial charge is 0.493 e. The maximum atomic E-state index is 6.08. The molecule has 0 fully saturated rings. The van der Waals surface area contributed by atoms with Gasteiger partial charge < -0.3 is 14.9 Å². The fourth-order valence-corrected chi connectivity index (χ4v) is 2.86. The first kappa shape index (κ1) is 18.0. The Balaban J connectivity index is 1.80. The van der Waals surface area contributed by atoms with Gasteiger partial charge in [-0.25, -0.2) is 4.68 Å². The van der Waals surface area contributed by atoms with Gasteiger partial charge in [0.2, 0.25) is 4.77 Å². The third-order valence-electron chi connectivity index (χ3n) is 3.99. The summed E-state index contributed by atoms with van der Waals surface area (Å²) in [4.78, 5) is 0. The molecule has 7 heteroatoms. The summed E-state index contributed by atoms with van der Waals surface area (Å²) >= 11 is 5.28. The molecule has 136 valence electrons. The average Bonchev–Trinajstić information content (AvgIpc) is 3.05. The van der Waals surface area contributed by atoms with E-state index in [0.717, 1.165) is 29.1 Å². The van der Waals surface area contributed by atoms with Crippen molar-refractivity contribution in [3.05, 3.63) is 70.3 Å². The number of rotatable bonds is 8. The van der Waals surface area contributed by atoms with Crippen LogP contribution in [0, 0.1) is 4.77 Å². The minimum absolute atomic E-state index is 0.472. The van der Waals surface area contributed by atoms with Gasteiger partial charge in [-0.1, -0.05) is 49.4 Å². The van der Waals surface area contributed by atoms with Crippen molar-refractivity contribution in [1.29, 1.82) is 0 Å². The molecule has 0 aliphatic carbocycles. The molecule has 2 aromatic carbocycles. The van der Waals surface area contributed by atoms with Crippen molar-refractivity contribution in [2.75, 3.05) is 12.5 Å². The summed E-state index contributed by atoms with van der Waals surface area (Å²) in [6.45, 7) is 3.03. The van der Waals surface area contributed by atoms with Gasteiger partial charge in [0.25, 0.3) is 0 Å². The first-order chi connectivity index (χ1) is 12.7. The summed E-state index contributed by atoms with van der Waals surface area (Å²) in [5.74, 6) is 2.27. The maximum Gasteiger partial charge on any atom is 0.214 e. The number of hydrogen-bond donors (Lipinski definition) is 2. The van der Waals surface area contributed by atoms with E-state index in [4.69, 9.17) is 21.7 Å². The average molecular weight is 370 g/mol. The lowest BCUT2D eigenvalue weighted by Crippen LogP contribution is -2.18. The quantitative estimate of drug-likeness (QED) is 0.590. The molecular weight excluding hydrogens is 348 g/mol. The topological polar surface area (TPSA) is 64.1 Å². The number of para-hydroxylation sites is 1. The van der Waals surface area contributed by atoms with Crippen molar-refractivity contribution in [2.45, 2.75) is 26.5 Å². The third-order valence-corrected chi connectivity index (χ3v) is 4.27. The number of methoxy groups -OCH3 is 1. The van der Waals surface area contributed by atoms with Gasteiger partial charge in [-0.05, 0) is 23.8 Å². The normalized spacial score (nSPS) is 10.5. The minimum atomic E-state index is 0.472. The molecule has 1 aromatic heterocycles. The number of aromatic amines is 1. The lowest BCUT2D eigenvalue weighted by atomic mass is 10.2. The standard InChI is InChI=1S/C19H22N4O2S/c1-3-17-21-22-19(26)23(17)20-12-15-10-7-11-16(24-2)18(15)25-13-14-8-5-4-6-9-14/h4-11,20H,3,12-13H2,1-2H3,(H,22,26). The van der Waals surface area contributed by atoms with Crippen LogP contribution in [0.5, 0.6) is 11.5 Å². The van der Waals surface area contributed by atoms with Gasteiger partial charge in [-0.2, -0.15) is 5.10 Å². The van der Waals surface area contributed by atoms with Gasteiger partial charge in [0.05, 0.1) is 13.7 Å². The Hall–Kier alpha value is -2.80. The molecule has 0 spiro atoms. The van der Waals surface area contributed by atoms with Crippen LogP contribution in [0.2, 0.25) is 0 Å². The van der Waals surface area contributed by atoms with Crippen molar-refractivity contribution >= 4 is 12.2 Å². The summed E-state index contributed by atoms with van der Waals surface area (Å²) in [5.41, 5.74) is 5.38. The van der Waals surface area contributed by atoms with E-state index in [1.165, 1.54) is 0 Å². The molecule has 3 aromatic rings. The van der Waals surface area contributed by atoms with Crippen molar-refractivity contribution in [3.63, 3.8) is 0 Å². The van der Waals surface area contributed by atoms with Crippen molar-refractivity contribution in [3.8, 4) is 11.5 Å². The molecule has 0 aliphatic rings. The minimum Gasteiger partial charge on any atom is -0.493 e. The summed E-state index contributed by atoms with van der Waals surface area (Å²) in [7, 11) is 1.64. The third kappa shape index (κ3) is 4.05. The number of hydrogen-bond acceptors (Lipinski definition) is 5. The van der Waals surface area contributed by atoms with Crippen LogP contribution in [0.4, 0.5) is 0 Å². The van der Waals surface area contributed by atoms with Gasteiger partial charge >= 0.3 is 0 Å². The molecule has 0 saturated heterocycles. The predicted octanol–water partition coefficient (Wildman–Crippen LogP) is 3.83. The Morgan fingerprint density at radius 3 is 2.69 bits per heavy atom. The number of nitrogens with zero attached hydrogens (tertiary/aromatic N) is 2. The van der Waals surface area contributed by atoms with Gasteiger partial charge in [0.1, 0.15) is 6.61 Å². The van der Waals surface area contributed by atoms with E-state index in [1.54, 1.807) is 11.8 Å². The van der Waals surface area contributed by atoms with Gasteiger partial charge in [-0.15, -0.1) is 0 Å². The number of benzene rings is 2. The molecule has 0 unspecified atom stereocenters. The summed E-state index contributed by atoms with van der Waals surface area (Å²) in [6.07, 6.45) is 0.773. The van der Waals surface area contributed by atoms with Crippen LogP contribution >= 0.6 is 12.2 Å². The summed E-state index contributed by atoms with van der Waals surface area (Å²) < 4.78 is 13.9. The molecule has 0 atom stereocenters. The van der Waals surface area contributed by atoms with E-state index in [-0.39, 0.29) is 0 Å². The molecule has 3 rings (SSSR count). The molecule has 2 N–H and O–H groups in total. The van der Waals surface area contributed by atoms with E-state index < -0.39 is 0 Å². The van der Waals surface area contributed by atoms with Gasteiger partial charge in [-0.3, -0.25) is 5.10 Å². The van der Waals surface area contributed by atoms with Crippen LogP contribution in [-0.4, -0.2) is 22.0 Å². The second-order valence-corrected chi connectivity index (χ2v) is 6.08. The van der Waals surface area contributed by atoms with E-state index in [1.807, 2.05) is 55.5 Å². The van der Waals surface area contributed by atoms with Crippen LogP contribution in [0.1, 0.15) is 23.9 Å². The smallest absolute Gasteiger partial charge is 0.214 e. The van der Waals surface area contributed by atoms with Crippen LogP contribution in [-0.2, 0) is 19.6 Å². The van der Waals surface area contributed by atoms with E-state index in [9.17, 15) is 0 Å². The zero-order valence-electron chi connectivity index (χ0n) is 14.9. The van der Waals surface area contributed by atoms with Crippen LogP contribution < -0.4 is 14.9 Å². The van der Waals surface area contributed by atoms with Crippen molar-refractivity contribution < 1.29 is 9.47 Å². The first-order valence-corrected chi connectivity index (χ1v) is 8.86. The second-order valence-electron chi connectivity index (χ2n) is 5.69. The molecule has 26 heavy (non-hydrogen) atoms. The fraction of sp³-hybridized carbons (Fsp3) is 0.263. The highest BCUT2D eigenvalue weighted by Gasteiger charge is 2.12. The fourth-order valence-electron chi connectivity index (χ4n) is 2.65. The van der Waals surface area contributed by atoms with Crippen LogP contribution in [0.3, 0.4) is 0 Å². The zero-order chi connectivity index (χ0) is 18.4. The molecule has 0 bridgehead atoms. The monoisotopic (exact) mass is 370 g/mol. The Bertz CT molecular complexity index is 905. The van der Waals surface area contributed by atoms with E-state index >= 15 is 0 Å². The Kier molecular flexibility index (Phi) is 5.91. The number of aryl methyl sites for hydroxylation is 1. The van der Waals surface area contributed by atoms with Gasteiger partial charge in [0.15, 0.2) is 17.3 Å². The van der Waals surface area contributed by atoms with E-state index in [2.05, 4.69) is 15.6 Å². The van der Waals surface area contributed by atoms with Crippen LogP contribution in [0.15, 0.2) is 48.5 Å².